The topological polar surface area (TPSA) is 69.1 Å². The van der Waals surface area contributed by atoms with Crippen LogP contribution in [0.3, 0.4) is 0 Å². The Bertz CT molecular complexity index is 395. The largest absolute Gasteiger partial charge is 0.367 e. The van der Waals surface area contributed by atoms with Crippen LogP contribution in [0.5, 0.6) is 0 Å². The summed E-state index contributed by atoms with van der Waals surface area (Å²) < 4.78 is 2.34. The number of rotatable bonds is 0. The van der Waals surface area contributed by atoms with Crippen LogP contribution in [0.15, 0.2) is 17.0 Å². The molecule has 11 heavy (non-hydrogen) atoms. The average Bonchev–Trinajstić information content (AvgIpc) is 2.33. The molecule has 0 amide bonds. The second kappa shape index (κ2) is 2.16. The molecule has 0 fully saturated rings. The van der Waals surface area contributed by atoms with Gasteiger partial charge in [0.15, 0.2) is 5.65 Å². The van der Waals surface area contributed by atoms with Crippen LogP contribution in [0, 0.1) is 0 Å². The summed E-state index contributed by atoms with van der Waals surface area (Å²) >= 11 is 3.26. The van der Waals surface area contributed by atoms with Crippen LogP contribution < -0.4 is 5.73 Å². The lowest BCUT2D eigenvalue weighted by molar-refractivity contribution is 0.894. The van der Waals surface area contributed by atoms with Crippen LogP contribution in [0.1, 0.15) is 0 Å². The Morgan fingerprint density at radius 1 is 1.36 bits per heavy atom. The van der Waals surface area contributed by atoms with E-state index < -0.39 is 0 Å². The van der Waals surface area contributed by atoms with Gasteiger partial charge in [0.25, 0.3) is 0 Å². The highest BCUT2D eigenvalue weighted by atomic mass is 79.9. The first kappa shape index (κ1) is 6.53. The summed E-state index contributed by atoms with van der Waals surface area (Å²) in [4.78, 5) is 7.78. The first-order chi connectivity index (χ1) is 5.27. The van der Waals surface area contributed by atoms with Crippen molar-refractivity contribution in [1.29, 1.82) is 0 Å². The van der Waals surface area contributed by atoms with Crippen molar-refractivity contribution in [3.05, 3.63) is 17.0 Å². The van der Waals surface area contributed by atoms with E-state index in [1.807, 2.05) is 0 Å². The molecule has 0 aliphatic carbocycles. The molecule has 0 aliphatic heterocycles. The van der Waals surface area contributed by atoms with Crippen molar-refractivity contribution in [3.63, 3.8) is 0 Å². The van der Waals surface area contributed by atoms with Gasteiger partial charge in [0.2, 0.25) is 5.95 Å². The lowest BCUT2D eigenvalue weighted by Crippen LogP contribution is -2.00. The maximum atomic E-state index is 5.36. The van der Waals surface area contributed by atoms with Gasteiger partial charge < -0.3 is 5.73 Å². The van der Waals surface area contributed by atoms with Crippen molar-refractivity contribution in [2.45, 2.75) is 0 Å². The van der Waals surface area contributed by atoms with Gasteiger partial charge in [-0.3, -0.25) is 0 Å². The van der Waals surface area contributed by atoms with Crippen molar-refractivity contribution in [3.8, 4) is 0 Å². The fourth-order valence-electron chi connectivity index (χ4n) is 0.777. The Balaban J connectivity index is 2.87. The second-order valence-corrected chi connectivity index (χ2v) is 2.78. The molecular weight excluding hydrogens is 210 g/mol. The maximum absolute atomic E-state index is 5.36. The number of hydrogen-bond donors (Lipinski definition) is 1. The van der Waals surface area contributed by atoms with Crippen LogP contribution in [0.25, 0.3) is 5.65 Å². The zero-order valence-electron chi connectivity index (χ0n) is 5.40. The number of nitrogens with two attached hydrogens (primary N) is 1. The summed E-state index contributed by atoms with van der Waals surface area (Å²) in [5, 5.41) is 3.91. The van der Waals surface area contributed by atoms with Crippen molar-refractivity contribution >= 4 is 27.5 Å². The predicted molar refractivity (Wildman–Crippen MR) is 42.9 cm³/mol. The van der Waals surface area contributed by atoms with E-state index >= 15 is 0 Å². The lowest BCUT2D eigenvalue weighted by Gasteiger charge is -1.93. The predicted octanol–water partition coefficient (Wildman–Crippen LogP) is 0.469. The molecule has 2 rings (SSSR count). The van der Waals surface area contributed by atoms with Gasteiger partial charge in [-0.2, -0.15) is 0 Å². The van der Waals surface area contributed by atoms with Gasteiger partial charge in [-0.15, -0.1) is 5.10 Å². The molecule has 0 bridgehead atoms. The van der Waals surface area contributed by atoms with Gasteiger partial charge in [-0.1, -0.05) is 0 Å². The van der Waals surface area contributed by atoms with E-state index in [-0.39, 0.29) is 5.95 Å². The first-order valence-corrected chi connectivity index (χ1v) is 3.68. The molecule has 0 aliphatic rings. The van der Waals surface area contributed by atoms with E-state index in [2.05, 4.69) is 31.0 Å². The summed E-state index contributed by atoms with van der Waals surface area (Å²) in [6.07, 6.45) is 3.20. The standard InChI is InChI=1S/C5H4BrN5/c6-3-1-8-4-2-9-5(7)10-11(3)4/h1-2H,(H2,7,10). The van der Waals surface area contributed by atoms with Gasteiger partial charge in [-0.25, -0.2) is 14.5 Å². The molecule has 0 unspecified atom stereocenters. The maximum Gasteiger partial charge on any atom is 0.238 e. The minimum absolute atomic E-state index is 0.233. The average molecular weight is 214 g/mol. The van der Waals surface area contributed by atoms with E-state index in [0.717, 1.165) is 4.60 Å². The van der Waals surface area contributed by atoms with Gasteiger partial charge >= 0.3 is 0 Å². The third kappa shape index (κ3) is 0.949. The summed E-state index contributed by atoms with van der Waals surface area (Å²) in [5.41, 5.74) is 6.03. The molecule has 2 aromatic heterocycles. The van der Waals surface area contributed by atoms with E-state index in [1.165, 1.54) is 0 Å². The van der Waals surface area contributed by atoms with Crippen molar-refractivity contribution in [2.24, 2.45) is 0 Å². The lowest BCUT2D eigenvalue weighted by atomic mass is 10.8. The van der Waals surface area contributed by atoms with Gasteiger partial charge in [0.1, 0.15) is 4.60 Å². The zero-order chi connectivity index (χ0) is 7.84. The number of imidazole rings is 1. The molecule has 2 aromatic rings. The van der Waals surface area contributed by atoms with Crippen LogP contribution >= 0.6 is 15.9 Å². The normalized spacial score (nSPS) is 10.6. The van der Waals surface area contributed by atoms with Crippen LogP contribution in [0.2, 0.25) is 0 Å². The molecule has 0 saturated carbocycles. The molecular formula is C5H4BrN5. The van der Waals surface area contributed by atoms with Crippen LogP contribution in [-0.4, -0.2) is 19.6 Å². The highest BCUT2D eigenvalue weighted by Gasteiger charge is 2.00. The highest BCUT2D eigenvalue weighted by Crippen LogP contribution is 2.09. The van der Waals surface area contributed by atoms with Crippen molar-refractivity contribution < 1.29 is 0 Å². The summed E-state index contributed by atoms with van der Waals surface area (Å²) in [6.45, 7) is 0. The number of halogens is 1. The molecule has 0 radical (unpaired) electrons. The SMILES string of the molecule is Nc1ncc2ncc(Br)n2n1. The molecule has 2 N–H and O–H groups in total. The zero-order valence-corrected chi connectivity index (χ0v) is 6.98. The number of nitrogen functional groups attached to an aromatic ring is 1. The molecule has 2 heterocycles. The Kier molecular flexibility index (Phi) is 1.28. The minimum atomic E-state index is 0.233. The number of aromatic nitrogens is 4. The fraction of sp³-hybridized carbons (Fsp3) is 0. The van der Waals surface area contributed by atoms with Gasteiger partial charge in [0, 0.05) is 0 Å². The second-order valence-electron chi connectivity index (χ2n) is 1.97. The number of anilines is 1. The number of hydrogen-bond acceptors (Lipinski definition) is 4. The minimum Gasteiger partial charge on any atom is -0.367 e. The quantitative estimate of drug-likeness (QED) is 0.691. The van der Waals surface area contributed by atoms with Crippen LogP contribution in [0.4, 0.5) is 5.95 Å². The molecule has 0 aromatic carbocycles. The summed E-state index contributed by atoms with van der Waals surface area (Å²) in [7, 11) is 0. The molecule has 5 nitrogen and oxygen atoms in total. The Morgan fingerprint density at radius 3 is 3.00 bits per heavy atom. The third-order valence-electron chi connectivity index (χ3n) is 1.24. The Labute approximate surface area is 70.4 Å². The summed E-state index contributed by atoms with van der Waals surface area (Å²) in [6, 6.07) is 0. The first-order valence-electron chi connectivity index (χ1n) is 2.89. The monoisotopic (exact) mass is 213 g/mol. The molecule has 0 saturated heterocycles. The molecule has 0 atom stereocenters. The number of fused-ring (bicyclic) bond motifs is 1. The highest BCUT2D eigenvalue weighted by molar-refractivity contribution is 9.10. The van der Waals surface area contributed by atoms with E-state index in [4.69, 9.17) is 5.73 Å². The van der Waals surface area contributed by atoms with E-state index in [1.54, 1.807) is 16.9 Å². The van der Waals surface area contributed by atoms with Crippen molar-refractivity contribution in [2.75, 3.05) is 5.73 Å². The van der Waals surface area contributed by atoms with Crippen LogP contribution in [-0.2, 0) is 0 Å². The smallest absolute Gasteiger partial charge is 0.238 e. The summed E-state index contributed by atoms with van der Waals surface area (Å²) in [5.74, 6) is 0.233. The Morgan fingerprint density at radius 2 is 2.18 bits per heavy atom. The third-order valence-corrected chi connectivity index (χ3v) is 1.78. The molecule has 56 valence electrons. The fourth-order valence-corrected chi connectivity index (χ4v) is 1.14. The molecule has 6 heteroatoms. The van der Waals surface area contributed by atoms with Gasteiger partial charge in [0.05, 0.1) is 12.4 Å². The number of nitrogens with zero attached hydrogens (tertiary/aromatic N) is 4. The van der Waals surface area contributed by atoms with Crippen molar-refractivity contribution in [1.82, 2.24) is 19.6 Å². The Hall–Kier alpha value is -1.17. The van der Waals surface area contributed by atoms with E-state index in [0.29, 0.717) is 5.65 Å². The van der Waals surface area contributed by atoms with Gasteiger partial charge in [-0.05, 0) is 15.9 Å². The van der Waals surface area contributed by atoms with E-state index in [9.17, 15) is 0 Å². The molecule has 0 spiro atoms.